The van der Waals surface area contributed by atoms with Gasteiger partial charge in [0, 0.05) is 12.7 Å². The van der Waals surface area contributed by atoms with E-state index >= 15 is 0 Å². The van der Waals surface area contributed by atoms with E-state index in [0.29, 0.717) is 11.8 Å². The fourth-order valence-electron chi connectivity index (χ4n) is 2.14. The largest absolute Gasteiger partial charge is 0.393 e. The molecule has 2 atom stereocenters. The summed E-state index contributed by atoms with van der Waals surface area (Å²) in [5.41, 5.74) is 2.35. The molecule has 0 amide bonds. The summed E-state index contributed by atoms with van der Waals surface area (Å²) in [6.45, 7) is 8.31. The average molecular weight is 224 g/mol. The Hall–Kier alpha value is -0.830. The molecule has 0 radical (unpaired) electrons. The molecule has 1 aromatic rings. The maximum atomic E-state index is 9.77. The van der Waals surface area contributed by atoms with Gasteiger partial charge >= 0.3 is 0 Å². The zero-order chi connectivity index (χ0) is 12.3. The predicted molar refractivity (Wildman–Crippen MR) is 66.3 cm³/mol. The van der Waals surface area contributed by atoms with Gasteiger partial charge in [0.1, 0.15) is 0 Å². The normalized spacial score (nSPS) is 15.4. The van der Waals surface area contributed by atoms with Crippen LogP contribution in [-0.4, -0.2) is 21.0 Å². The van der Waals surface area contributed by atoms with Crippen molar-refractivity contribution in [3.63, 3.8) is 0 Å². The maximum Gasteiger partial charge on any atom is 0.0624 e. The number of nitrogens with zero attached hydrogens (tertiary/aromatic N) is 2. The van der Waals surface area contributed by atoms with Crippen molar-refractivity contribution < 1.29 is 5.11 Å². The summed E-state index contributed by atoms with van der Waals surface area (Å²) in [4.78, 5) is 0. The molecule has 0 bridgehead atoms. The standard InChI is InChI=1S/C13H24N2O/c1-6-11-7-12(15(5)14-11)8-13(9(2)3)10(4)16/h7,9-10,13,16H,6,8H2,1-5H3. The predicted octanol–water partition coefficient (Wildman–Crippen LogP) is 2.18. The average Bonchev–Trinajstić information content (AvgIpc) is 2.54. The second-order valence-electron chi connectivity index (χ2n) is 4.96. The summed E-state index contributed by atoms with van der Waals surface area (Å²) in [6, 6.07) is 2.15. The van der Waals surface area contributed by atoms with Gasteiger partial charge in [-0.2, -0.15) is 5.10 Å². The highest BCUT2D eigenvalue weighted by molar-refractivity contribution is 5.11. The molecule has 0 aliphatic heterocycles. The van der Waals surface area contributed by atoms with Gasteiger partial charge in [0.2, 0.25) is 0 Å². The zero-order valence-corrected chi connectivity index (χ0v) is 11.1. The van der Waals surface area contributed by atoms with E-state index in [1.807, 2.05) is 18.7 Å². The van der Waals surface area contributed by atoms with Crippen molar-refractivity contribution in [1.29, 1.82) is 0 Å². The molecule has 1 aromatic heterocycles. The Balaban J connectivity index is 2.80. The summed E-state index contributed by atoms with van der Waals surface area (Å²) in [5.74, 6) is 0.792. The highest BCUT2D eigenvalue weighted by atomic mass is 16.3. The monoisotopic (exact) mass is 224 g/mol. The van der Waals surface area contributed by atoms with Crippen LogP contribution in [0.4, 0.5) is 0 Å². The van der Waals surface area contributed by atoms with Crippen LogP contribution in [0.2, 0.25) is 0 Å². The van der Waals surface area contributed by atoms with Crippen molar-refractivity contribution in [2.75, 3.05) is 0 Å². The molecule has 0 saturated carbocycles. The first-order valence-corrected chi connectivity index (χ1v) is 6.15. The number of aliphatic hydroxyl groups is 1. The Morgan fingerprint density at radius 2 is 2.00 bits per heavy atom. The van der Waals surface area contributed by atoms with Crippen LogP contribution in [0.3, 0.4) is 0 Å². The highest BCUT2D eigenvalue weighted by Crippen LogP contribution is 2.21. The molecule has 0 aromatic carbocycles. The lowest BCUT2D eigenvalue weighted by Gasteiger charge is -2.23. The van der Waals surface area contributed by atoms with Crippen LogP contribution in [-0.2, 0) is 19.9 Å². The summed E-state index contributed by atoms with van der Waals surface area (Å²) in [5, 5.41) is 14.2. The Bertz CT molecular complexity index is 321. The molecule has 0 saturated heterocycles. The number of hydrogen-bond acceptors (Lipinski definition) is 2. The molecule has 0 spiro atoms. The minimum absolute atomic E-state index is 0.264. The molecule has 92 valence electrons. The van der Waals surface area contributed by atoms with Gasteiger partial charge in [0.05, 0.1) is 11.8 Å². The van der Waals surface area contributed by atoms with Crippen LogP contribution >= 0.6 is 0 Å². The first kappa shape index (κ1) is 13.2. The van der Waals surface area contributed by atoms with Gasteiger partial charge in [0.25, 0.3) is 0 Å². The van der Waals surface area contributed by atoms with Crippen molar-refractivity contribution in [3.05, 3.63) is 17.5 Å². The van der Waals surface area contributed by atoms with Crippen LogP contribution in [0.1, 0.15) is 39.1 Å². The fraction of sp³-hybridized carbons (Fsp3) is 0.769. The number of aliphatic hydroxyl groups excluding tert-OH is 1. The molecule has 2 unspecified atom stereocenters. The van der Waals surface area contributed by atoms with Gasteiger partial charge in [-0.05, 0) is 37.7 Å². The molecule has 1 heterocycles. The minimum atomic E-state index is -0.264. The van der Waals surface area contributed by atoms with Crippen molar-refractivity contribution >= 4 is 0 Å². The van der Waals surface area contributed by atoms with E-state index in [2.05, 4.69) is 31.9 Å². The molecule has 0 aliphatic carbocycles. The molecule has 1 N–H and O–H groups in total. The molecule has 3 nitrogen and oxygen atoms in total. The molecular weight excluding hydrogens is 200 g/mol. The Morgan fingerprint density at radius 3 is 2.38 bits per heavy atom. The van der Waals surface area contributed by atoms with Gasteiger partial charge in [-0.15, -0.1) is 0 Å². The Morgan fingerprint density at radius 1 is 1.38 bits per heavy atom. The van der Waals surface area contributed by atoms with Gasteiger partial charge in [-0.25, -0.2) is 0 Å². The first-order chi connectivity index (χ1) is 7.45. The van der Waals surface area contributed by atoms with E-state index in [9.17, 15) is 5.11 Å². The highest BCUT2D eigenvalue weighted by Gasteiger charge is 2.21. The molecule has 16 heavy (non-hydrogen) atoms. The quantitative estimate of drug-likeness (QED) is 0.832. The van der Waals surface area contributed by atoms with Crippen LogP contribution in [0.25, 0.3) is 0 Å². The third kappa shape index (κ3) is 3.08. The lowest BCUT2D eigenvalue weighted by Crippen LogP contribution is -2.25. The summed E-state index contributed by atoms with van der Waals surface area (Å²) in [7, 11) is 1.98. The lowest BCUT2D eigenvalue weighted by molar-refractivity contribution is 0.0965. The summed E-state index contributed by atoms with van der Waals surface area (Å²) in [6.07, 6.45) is 1.60. The number of hydrogen-bond donors (Lipinski definition) is 1. The van der Waals surface area contributed by atoms with E-state index in [1.165, 1.54) is 5.69 Å². The van der Waals surface area contributed by atoms with Crippen molar-refractivity contribution in [2.24, 2.45) is 18.9 Å². The van der Waals surface area contributed by atoms with Gasteiger partial charge in [-0.1, -0.05) is 20.8 Å². The van der Waals surface area contributed by atoms with E-state index < -0.39 is 0 Å². The van der Waals surface area contributed by atoms with Crippen molar-refractivity contribution in [1.82, 2.24) is 9.78 Å². The van der Waals surface area contributed by atoms with Crippen molar-refractivity contribution in [3.8, 4) is 0 Å². The zero-order valence-electron chi connectivity index (χ0n) is 11.1. The van der Waals surface area contributed by atoms with E-state index in [4.69, 9.17) is 0 Å². The first-order valence-electron chi connectivity index (χ1n) is 6.15. The van der Waals surface area contributed by atoms with E-state index in [-0.39, 0.29) is 6.10 Å². The smallest absolute Gasteiger partial charge is 0.0624 e. The van der Waals surface area contributed by atoms with Gasteiger partial charge in [0.15, 0.2) is 0 Å². The minimum Gasteiger partial charge on any atom is -0.393 e. The van der Waals surface area contributed by atoms with Crippen LogP contribution in [0, 0.1) is 11.8 Å². The number of aromatic nitrogens is 2. The summed E-state index contributed by atoms with van der Waals surface area (Å²) >= 11 is 0. The van der Waals surface area contributed by atoms with Crippen LogP contribution in [0.15, 0.2) is 6.07 Å². The van der Waals surface area contributed by atoms with Gasteiger partial charge in [-0.3, -0.25) is 4.68 Å². The van der Waals surface area contributed by atoms with Gasteiger partial charge < -0.3 is 5.11 Å². The van der Waals surface area contributed by atoms with Crippen molar-refractivity contribution in [2.45, 2.75) is 46.6 Å². The Labute approximate surface area is 98.5 Å². The third-order valence-electron chi connectivity index (χ3n) is 3.31. The molecule has 0 fully saturated rings. The SMILES string of the molecule is CCc1cc(CC(C(C)C)C(C)O)n(C)n1. The molecule has 0 aliphatic rings. The number of aryl methyl sites for hydroxylation is 2. The number of rotatable bonds is 5. The maximum absolute atomic E-state index is 9.77. The molecule has 1 rings (SSSR count). The fourth-order valence-corrected chi connectivity index (χ4v) is 2.14. The lowest BCUT2D eigenvalue weighted by atomic mass is 9.87. The Kier molecular flexibility index (Phi) is 4.54. The molecular formula is C13H24N2O. The van der Waals surface area contributed by atoms with E-state index in [0.717, 1.165) is 18.5 Å². The van der Waals surface area contributed by atoms with E-state index in [1.54, 1.807) is 0 Å². The van der Waals surface area contributed by atoms with Crippen LogP contribution in [0.5, 0.6) is 0 Å². The summed E-state index contributed by atoms with van der Waals surface area (Å²) < 4.78 is 1.94. The van der Waals surface area contributed by atoms with Crippen LogP contribution < -0.4 is 0 Å². The second kappa shape index (κ2) is 5.48. The second-order valence-corrected chi connectivity index (χ2v) is 4.96. The molecule has 3 heteroatoms. The topological polar surface area (TPSA) is 38.0 Å². The third-order valence-corrected chi connectivity index (χ3v) is 3.31.